The van der Waals surface area contributed by atoms with Gasteiger partial charge < -0.3 is 9.31 Å². The summed E-state index contributed by atoms with van der Waals surface area (Å²) in [6.45, 7) is 8.10. The Hall–Kier alpha value is -1.64. The zero-order valence-electron chi connectivity index (χ0n) is 12.4. The minimum atomic E-state index is -0.406. The van der Waals surface area contributed by atoms with Gasteiger partial charge in [-0.2, -0.15) is 5.26 Å². The van der Waals surface area contributed by atoms with E-state index in [9.17, 15) is 0 Å². The molecule has 1 aliphatic rings. The maximum atomic E-state index is 8.53. The van der Waals surface area contributed by atoms with Gasteiger partial charge >= 0.3 is 7.12 Å². The molecule has 2 heterocycles. The van der Waals surface area contributed by atoms with Crippen molar-refractivity contribution in [1.29, 1.82) is 5.26 Å². The SMILES string of the molecule is CC1(C)OB(c2cncc(C=CCC#N)c2)OC1(C)C. The minimum absolute atomic E-state index is 0.357. The molecule has 0 atom stereocenters. The van der Waals surface area contributed by atoms with Crippen molar-refractivity contribution >= 4 is 18.7 Å². The fraction of sp³-hybridized carbons (Fsp3) is 0.467. The van der Waals surface area contributed by atoms with Crippen LogP contribution in [0.1, 0.15) is 39.7 Å². The van der Waals surface area contributed by atoms with Crippen LogP contribution in [0.4, 0.5) is 0 Å². The normalized spacial score (nSPS) is 20.2. The molecule has 20 heavy (non-hydrogen) atoms. The fourth-order valence-electron chi connectivity index (χ4n) is 1.92. The van der Waals surface area contributed by atoms with Crippen molar-refractivity contribution in [2.45, 2.75) is 45.3 Å². The van der Waals surface area contributed by atoms with Crippen LogP contribution in [0.2, 0.25) is 0 Å². The molecule has 0 unspecified atom stereocenters. The van der Waals surface area contributed by atoms with Crippen LogP contribution >= 0.6 is 0 Å². The summed E-state index contributed by atoms with van der Waals surface area (Å²) < 4.78 is 12.0. The van der Waals surface area contributed by atoms with Crippen molar-refractivity contribution in [1.82, 2.24) is 4.98 Å². The summed E-state index contributed by atoms with van der Waals surface area (Å²) in [7, 11) is -0.406. The molecule has 0 saturated carbocycles. The highest BCUT2D eigenvalue weighted by molar-refractivity contribution is 6.62. The zero-order valence-corrected chi connectivity index (χ0v) is 12.4. The van der Waals surface area contributed by atoms with E-state index in [4.69, 9.17) is 14.6 Å². The first-order chi connectivity index (χ1) is 9.36. The number of hydrogen-bond donors (Lipinski definition) is 0. The summed E-state index contributed by atoms with van der Waals surface area (Å²) in [5, 5.41) is 8.53. The van der Waals surface area contributed by atoms with E-state index in [2.05, 4.69) is 11.1 Å². The molecule has 0 aliphatic carbocycles. The van der Waals surface area contributed by atoms with E-state index in [0.717, 1.165) is 11.0 Å². The molecule has 1 aliphatic heterocycles. The lowest BCUT2D eigenvalue weighted by Crippen LogP contribution is -2.41. The monoisotopic (exact) mass is 270 g/mol. The van der Waals surface area contributed by atoms with Gasteiger partial charge in [0.25, 0.3) is 0 Å². The Bertz CT molecular complexity index is 545. The first-order valence-electron chi connectivity index (χ1n) is 6.70. The van der Waals surface area contributed by atoms with Gasteiger partial charge in [0, 0.05) is 17.9 Å². The molecule has 0 N–H and O–H groups in total. The van der Waals surface area contributed by atoms with Crippen LogP contribution in [0.15, 0.2) is 24.5 Å². The highest BCUT2D eigenvalue weighted by atomic mass is 16.7. The van der Waals surface area contributed by atoms with Crippen molar-refractivity contribution in [3.63, 3.8) is 0 Å². The van der Waals surface area contributed by atoms with Crippen LogP contribution < -0.4 is 5.46 Å². The molecule has 1 saturated heterocycles. The van der Waals surface area contributed by atoms with E-state index >= 15 is 0 Å². The third-order valence-electron chi connectivity index (χ3n) is 3.83. The standard InChI is InChI=1S/C15H19BN2O2/c1-14(2)15(3,4)20-16(19-14)13-9-12(10-18-11-13)7-5-6-8-17/h5,7,9-11H,6H2,1-4H3. The number of rotatable bonds is 3. The van der Waals surface area contributed by atoms with Gasteiger partial charge in [-0.15, -0.1) is 0 Å². The minimum Gasteiger partial charge on any atom is -0.399 e. The van der Waals surface area contributed by atoms with Crippen molar-refractivity contribution in [3.8, 4) is 6.07 Å². The Morgan fingerprint density at radius 2 is 1.90 bits per heavy atom. The number of nitrogens with zero attached hydrogens (tertiary/aromatic N) is 2. The van der Waals surface area contributed by atoms with Crippen LogP contribution in [0.3, 0.4) is 0 Å². The molecular formula is C15H19BN2O2. The smallest absolute Gasteiger partial charge is 0.399 e. The number of aromatic nitrogens is 1. The van der Waals surface area contributed by atoms with E-state index in [1.807, 2.05) is 45.9 Å². The van der Waals surface area contributed by atoms with Crippen LogP contribution in [-0.4, -0.2) is 23.3 Å². The molecule has 1 aromatic heterocycles. The lowest BCUT2D eigenvalue weighted by atomic mass is 9.80. The van der Waals surface area contributed by atoms with Gasteiger partial charge in [0.15, 0.2) is 0 Å². The average molecular weight is 270 g/mol. The number of pyridine rings is 1. The summed E-state index contributed by atoms with van der Waals surface area (Å²) in [6, 6.07) is 4.05. The topological polar surface area (TPSA) is 55.1 Å². The van der Waals surface area contributed by atoms with Crippen LogP contribution in [0, 0.1) is 11.3 Å². The molecule has 0 radical (unpaired) electrons. The lowest BCUT2D eigenvalue weighted by molar-refractivity contribution is 0.00578. The number of nitriles is 1. The van der Waals surface area contributed by atoms with Crippen molar-refractivity contribution in [3.05, 3.63) is 30.1 Å². The van der Waals surface area contributed by atoms with Crippen LogP contribution in [0.25, 0.3) is 6.08 Å². The summed E-state index contributed by atoms with van der Waals surface area (Å²) in [5.74, 6) is 0. The Morgan fingerprint density at radius 3 is 2.50 bits per heavy atom. The second kappa shape index (κ2) is 5.39. The van der Waals surface area contributed by atoms with Crippen molar-refractivity contribution in [2.24, 2.45) is 0 Å². The molecule has 4 nitrogen and oxygen atoms in total. The summed E-state index contributed by atoms with van der Waals surface area (Å²) in [4.78, 5) is 4.21. The zero-order chi connectivity index (χ0) is 14.8. The number of hydrogen-bond acceptors (Lipinski definition) is 4. The molecule has 5 heteroatoms. The molecule has 104 valence electrons. The Kier molecular flexibility index (Phi) is 3.98. The second-order valence-electron chi connectivity index (χ2n) is 5.90. The van der Waals surface area contributed by atoms with Crippen LogP contribution in [-0.2, 0) is 9.31 Å². The van der Waals surface area contributed by atoms with E-state index in [1.54, 1.807) is 12.4 Å². The first kappa shape index (κ1) is 14.8. The maximum Gasteiger partial charge on any atom is 0.496 e. The van der Waals surface area contributed by atoms with E-state index in [0.29, 0.717) is 6.42 Å². The molecule has 0 spiro atoms. The van der Waals surface area contributed by atoms with E-state index < -0.39 is 7.12 Å². The largest absolute Gasteiger partial charge is 0.496 e. The molecular weight excluding hydrogens is 251 g/mol. The van der Waals surface area contributed by atoms with Gasteiger partial charge in [-0.1, -0.05) is 18.2 Å². The van der Waals surface area contributed by atoms with Gasteiger partial charge in [0.2, 0.25) is 0 Å². The van der Waals surface area contributed by atoms with Gasteiger partial charge in [-0.3, -0.25) is 4.98 Å². The summed E-state index contributed by atoms with van der Waals surface area (Å²) in [5.41, 5.74) is 1.12. The van der Waals surface area contributed by atoms with Crippen LogP contribution in [0.5, 0.6) is 0 Å². The summed E-state index contributed by atoms with van der Waals surface area (Å²) >= 11 is 0. The first-order valence-corrected chi connectivity index (χ1v) is 6.70. The highest BCUT2D eigenvalue weighted by Gasteiger charge is 2.51. The average Bonchev–Trinajstić information content (AvgIpc) is 2.59. The third kappa shape index (κ3) is 2.92. The predicted molar refractivity (Wildman–Crippen MR) is 79.2 cm³/mol. The van der Waals surface area contributed by atoms with Gasteiger partial charge in [-0.05, 0) is 33.3 Å². The maximum absolute atomic E-state index is 8.53. The summed E-state index contributed by atoms with van der Waals surface area (Å²) in [6.07, 6.45) is 7.59. The second-order valence-corrected chi connectivity index (χ2v) is 5.90. The Morgan fingerprint density at radius 1 is 1.25 bits per heavy atom. The molecule has 1 fully saturated rings. The molecule has 0 amide bonds. The Balaban J connectivity index is 2.19. The van der Waals surface area contributed by atoms with Crippen molar-refractivity contribution < 1.29 is 9.31 Å². The Labute approximate surface area is 120 Å². The lowest BCUT2D eigenvalue weighted by Gasteiger charge is -2.32. The molecule has 0 bridgehead atoms. The van der Waals surface area contributed by atoms with E-state index in [-0.39, 0.29) is 11.2 Å². The third-order valence-corrected chi connectivity index (χ3v) is 3.83. The van der Waals surface area contributed by atoms with E-state index in [1.165, 1.54) is 0 Å². The number of allylic oxidation sites excluding steroid dienone is 1. The van der Waals surface area contributed by atoms with Gasteiger partial charge in [-0.25, -0.2) is 0 Å². The van der Waals surface area contributed by atoms with Gasteiger partial charge in [0.1, 0.15) is 0 Å². The molecule has 1 aromatic rings. The quantitative estimate of drug-likeness (QED) is 0.791. The fourth-order valence-corrected chi connectivity index (χ4v) is 1.92. The highest BCUT2D eigenvalue weighted by Crippen LogP contribution is 2.36. The molecule has 0 aromatic carbocycles. The molecule has 2 rings (SSSR count). The predicted octanol–water partition coefficient (Wildman–Crippen LogP) is 2.31. The van der Waals surface area contributed by atoms with Crippen molar-refractivity contribution in [2.75, 3.05) is 0 Å². The van der Waals surface area contributed by atoms with Gasteiger partial charge in [0.05, 0.1) is 23.7 Å².